The molecule has 2 rings (SSSR count). The third-order valence-electron chi connectivity index (χ3n) is 2.82. The number of carbonyl (C=O) groups excluding carboxylic acids is 1. The van der Waals surface area contributed by atoms with Gasteiger partial charge in [-0.2, -0.15) is 8.42 Å². The fraction of sp³-hybridized carbons (Fsp3) is 0.133. The average Bonchev–Trinajstić information content (AvgIpc) is 2.45. The highest BCUT2D eigenvalue weighted by atomic mass is 79.9. The fourth-order valence-corrected chi connectivity index (χ4v) is 3.84. The number of aryl methyl sites for hydroxylation is 1. The summed E-state index contributed by atoms with van der Waals surface area (Å²) in [5, 5.41) is 0. The molecule has 0 unspecified atom stereocenters. The van der Waals surface area contributed by atoms with Crippen molar-refractivity contribution in [1.29, 1.82) is 0 Å². The molecule has 2 aromatic carbocycles. The number of esters is 1. The van der Waals surface area contributed by atoms with Crippen molar-refractivity contribution in [2.75, 3.05) is 7.11 Å². The molecule has 0 N–H and O–H groups in total. The summed E-state index contributed by atoms with van der Waals surface area (Å²) >= 11 is 3.21. The van der Waals surface area contributed by atoms with E-state index in [0.717, 1.165) is 5.56 Å². The van der Waals surface area contributed by atoms with Gasteiger partial charge in [0.2, 0.25) is 0 Å². The summed E-state index contributed by atoms with van der Waals surface area (Å²) in [6, 6.07) is 10.6. The molecule has 22 heavy (non-hydrogen) atoms. The van der Waals surface area contributed by atoms with E-state index in [1.54, 1.807) is 12.1 Å². The van der Waals surface area contributed by atoms with E-state index in [2.05, 4.69) is 20.7 Å². The van der Waals surface area contributed by atoms with Crippen LogP contribution in [0.15, 0.2) is 51.8 Å². The lowest BCUT2D eigenvalue weighted by molar-refractivity contribution is 0.0600. The normalized spacial score (nSPS) is 11.0. The lowest BCUT2D eigenvalue weighted by Crippen LogP contribution is -2.11. The Hall–Kier alpha value is -1.86. The van der Waals surface area contributed by atoms with Gasteiger partial charge in [0.05, 0.1) is 12.7 Å². The van der Waals surface area contributed by atoms with E-state index in [4.69, 9.17) is 4.18 Å². The van der Waals surface area contributed by atoms with Gasteiger partial charge in [-0.3, -0.25) is 0 Å². The molecule has 116 valence electrons. The zero-order chi connectivity index (χ0) is 16.3. The van der Waals surface area contributed by atoms with Gasteiger partial charge in [0, 0.05) is 4.47 Å². The first-order valence-electron chi connectivity index (χ1n) is 6.22. The highest BCUT2D eigenvalue weighted by molar-refractivity contribution is 9.10. The molecule has 0 heterocycles. The van der Waals surface area contributed by atoms with Crippen LogP contribution in [0.2, 0.25) is 0 Å². The van der Waals surface area contributed by atoms with Crippen molar-refractivity contribution in [2.45, 2.75) is 11.8 Å². The minimum atomic E-state index is -4.01. The van der Waals surface area contributed by atoms with E-state index in [9.17, 15) is 13.2 Å². The minimum absolute atomic E-state index is 0.0153. The van der Waals surface area contributed by atoms with Crippen molar-refractivity contribution in [3.05, 3.63) is 58.1 Å². The topological polar surface area (TPSA) is 69.7 Å². The first-order chi connectivity index (χ1) is 10.3. The Labute approximate surface area is 137 Å². The number of methoxy groups -OCH3 is 1. The molecule has 2 aromatic rings. The van der Waals surface area contributed by atoms with Gasteiger partial charge < -0.3 is 8.92 Å². The van der Waals surface area contributed by atoms with E-state index >= 15 is 0 Å². The molecule has 0 amide bonds. The van der Waals surface area contributed by atoms with E-state index in [1.807, 2.05) is 6.92 Å². The van der Waals surface area contributed by atoms with Crippen molar-refractivity contribution < 1.29 is 22.1 Å². The Morgan fingerprint density at radius 2 is 1.86 bits per heavy atom. The SMILES string of the molecule is COC(=O)c1cccc(OS(=O)(=O)c2ccc(C)cc2Br)c1. The zero-order valence-corrected chi connectivity index (χ0v) is 14.3. The Morgan fingerprint density at radius 1 is 1.14 bits per heavy atom. The molecule has 0 saturated carbocycles. The largest absolute Gasteiger partial charge is 0.465 e. The van der Waals surface area contributed by atoms with Gasteiger partial charge in [0.1, 0.15) is 10.6 Å². The molecule has 0 aliphatic carbocycles. The standard InChI is InChI=1S/C15H13BrO5S/c1-10-6-7-14(13(16)8-10)22(18,19)21-12-5-3-4-11(9-12)15(17)20-2/h3-9H,1-2H3. The summed E-state index contributed by atoms with van der Waals surface area (Å²) in [6.07, 6.45) is 0. The third kappa shape index (κ3) is 3.66. The smallest absolute Gasteiger partial charge is 0.340 e. The van der Waals surface area contributed by atoms with E-state index < -0.39 is 16.1 Å². The first kappa shape index (κ1) is 16.5. The molecule has 0 fully saturated rings. The van der Waals surface area contributed by atoms with Crippen LogP contribution in [0.1, 0.15) is 15.9 Å². The molecular weight excluding hydrogens is 372 g/mol. The molecular formula is C15H13BrO5S. The van der Waals surface area contributed by atoms with Crippen LogP contribution in [0.5, 0.6) is 5.75 Å². The predicted octanol–water partition coefficient (Wildman–Crippen LogP) is 3.31. The Bertz CT molecular complexity index is 814. The lowest BCUT2D eigenvalue weighted by atomic mass is 10.2. The number of hydrogen-bond donors (Lipinski definition) is 0. The van der Waals surface area contributed by atoms with Gasteiger partial charge >= 0.3 is 16.1 Å². The molecule has 0 aliphatic rings. The third-order valence-corrected chi connectivity index (χ3v) is 5.04. The number of hydrogen-bond acceptors (Lipinski definition) is 5. The summed E-state index contributed by atoms with van der Waals surface area (Å²) in [6.45, 7) is 1.85. The quantitative estimate of drug-likeness (QED) is 0.597. The fourth-order valence-electron chi connectivity index (χ4n) is 1.77. The van der Waals surface area contributed by atoms with Crippen LogP contribution in [0.3, 0.4) is 0 Å². The van der Waals surface area contributed by atoms with E-state index in [-0.39, 0.29) is 16.2 Å². The highest BCUT2D eigenvalue weighted by Gasteiger charge is 2.20. The predicted molar refractivity (Wildman–Crippen MR) is 84.5 cm³/mol. The first-order valence-corrected chi connectivity index (χ1v) is 8.42. The molecule has 0 saturated heterocycles. The summed E-state index contributed by atoms with van der Waals surface area (Å²) in [5.74, 6) is -0.533. The summed E-state index contributed by atoms with van der Waals surface area (Å²) < 4.78 is 34.7. The van der Waals surface area contributed by atoms with Crippen molar-refractivity contribution in [3.8, 4) is 5.75 Å². The van der Waals surface area contributed by atoms with Crippen molar-refractivity contribution in [3.63, 3.8) is 0 Å². The average molecular weight is 385 g/mol. The van der Waals surface area contributed by atoms with Crippen molar-refractivity contribution in [2.24, 2.45) is 0 Å². The summed E-state index contributed by atoms with van der Waals surface area (Å²) in [7, 11) is -2.76. The molecule has 0 aromatic heterocycles. The number of benzene rings is 2. The molecule has 0 atom stereocenters. The second-order valence-electron chi connectivity index (χ2n) is 4.49. The lowest BCUT2D eigenvalue weighted by Gasteiger charge is -2.10. The molecule has 0 spiro atoms. The van der Waals surface area contributed by atoms with Gasteiger partial charge in [-0.25, -0.2) is 4.79 Å². The van der Waals surface area contributed by atoms with Crippen molar-refractivity contribution in [1.82, 2.24) is 0 Å². The number of halogens is 1. The zero-order valence-electron chi connectivity index (χ0n) is 11.9. The number of carbonyl (C=O) groups is 1. The minimum Gasteiger partial charge on any atom is -0.465 e. The van der Waals surface area contributed by atoms with Gasteiger partial charge in [0.25, 0.3) is 0 Å². The molecule has 0 aliphatic heterocycles. The molecule has 0 bridgehead atoms. The summed E-state index contributed by atoms with van der Waals surface area (Å²) in [4.78, 5) is 11.5. The van der Waals surface area contributed by atoms with Crippen LogP contribution in [-0.2, 0) is 14.9 Å². The second-order valence-corrected chi connectivity index (χ2v) is 6.86. The van der Waals surface area contributed by atoms with E-state index in [0.29, 0.717) is 4.47 Å². The Balaban J connectivity index is 2.35. The maximum atomic E-state index is 12.3. The van der Waals surface area contributed by atoms with Crippen LogP contribution in [0.25, 0.3) is 0 Å². The maximum absolute atomic E-state index is 12.3. The van der Waals surface area contributed by atoms with Crippen LogP contribution < -0.4 is 4.18 Å². The molecule has 0 radical (unpaired) electrons. The number of rotatable bonds is 4. The van der Waals surface area contributed by atoms with E-state index in [1.165, 1.54) is 37.4 Å². The monoisotopic (exact) mass is 384 g/mol. The second kappa shape index (κ2) is 6.50. The van der Waals surface area contributed by atoms with Crippen LogP contribution >= 0.6 is 15.9 Å². The number of ether oxygens (including phenoxy) is 1. The van der Waals surface area contributed by atoms with Gasteiger partial charge in [-0.15, -0.1) is 0 Å². The van der Waals surface area contributed by atoms with Crippen LogP contribution in [0.4, 0.5) is 0 Å². The van der Waals surface area contributed by atoms with Gasteiger partial charge in [-0.1, -0.05) is 12.1 Å². The van der Waals surface area contributed by atoms with Crippen LogP contribution in [-0.4, -0.2) is 21.5 Å². The van der Waals surface area contributed by atoms with Crippen LogP contribution in [0, 0.1) is 6.92 Å². The van der Waals surface area contributed by atoms with Gasteiger partial charge in [0.15, 0.2) is 0 Å². The summed E-state index contributed by atoms with van der Waals surface area (Å²) in [5.41, 5.74) is 1.12. The maximum Gasteiger partial charge on any atom is 0.340 e. The van der Waals surface area contributed by atoms with Gasteiger partial charge in [-0.05, 0) is 58.7 Å². The highest BCUT2D eigenvalue weighted by Crippen LogP contribution is 2.26. The molecule has 5 nitrogen and oxygen atoms in total. The molecule has 7 heteroatoms. The van der Waals surface area contributed by atoms with Crippen molar-refractivity contribution >= 4 is 32.0 Å². The Kier molecular flexibility index (Phi) is 4.87. The Morgan fingerprint density at radius 3 is 2.50 bits per heavy atom.